The van der Waals surface area contributed by atoms with E-state index >= 15 is 0 Å². The van der Waals surface area contributed by atoms with Crippen LogP contribution in [0.2, 0.25) is 0 Å². The summed E-state index contributed by atoms with van der Waals surface area (Å²) in [6.45, 7) is 8.80. The highest BCUT2D eigenvalue weighted by atomic mass is 16.5. The summed E-state index contributed by atoms with van der Waals surface area (Å²) in [4.78, 5) is 24.7. The van der Waals surface area contributed by atoms with Gasteiger partial charge in [0.05, 0.1) is 12.2 Å². The number of hydrogen-bond acceptors (Lipinski definition) is 4. The molecule has 0 aromatic heterocycles. The van der Waals surface area contributed by atoms with E-state index in [1.165, 1.54) is 0 Å². The van der Waals surface area contributed by atoms with Gasteiger partial charge in [-0.25, -0.2) is 9.59 Å². The highest BCUT2D eigenvalue weighted by Gasteiger charge is 2.21. The number of rotatable bonds is 6. The first-order valence-corrected chi connectivity index (χ1v) is 11.3. The highest BCUT2D eigenvalue weighted by molar-refractivity contribution is 5.93. The van der Waals surface area contributed by atoms with Gasteiger partial charge in [-0.3, -0.25) is 0 Å². The number of ether oxygens (including phenoxy) is 2. The van der Waals surface area contributed by atoms with E-state index in [0.29, 0.717) is 36.3 Å². The first-order valence-electron chi connectivity index (χ1n) is 11.3. The predicted octanol–water partition coefficient (Wildman–Crippen LogP) is 3.87. The van der Waals surface area contributed by atoms with Gasteiger partial charge < -0.3 is 30.7 Å². The number of carbonyl (C=O) groups excluding carboxylic acids is 2. The number of urea groups is 2. The Balaban J connectivity index is 1.45. The van der Waals surface area contributed by atoms with Crippen molar-refractivity contribution < 1.29 is 19.1 Å². The third-order valence-electron chi connectivity index (χ3n) is 6.03. The predicted molar refractivity (Wildman–Crippen MR) is 121 cm³/mol. The summed E-state index contributed by atoms with van der Waals surface area (Å²) in [5.74, 6) is 0.873. The fourth-order valence-electron chi connectivity index (χ4n) is 4.20. The molecule has 1 aromatic carbocycles. The van der Waals surface area contributed by atoms with Crippen molar-refractivity contribution in [2.45, 2.75) is 58.7 Å². The number of anilines is 2. The molecule has 4 N–H and O–H groups in total. The Morgan fingerprint density at radius 2 is 1.45 bits per heavy atom. The van der Waals surface area contributed by atoms with E-state index in [1.807, 2.05) is 19.1 Å². The molecule has 2 heterocycles. The van der Waals surface area contributed by atoms with Crippen LogP contribution in [0, 0.1) is 18.8 Å². The standard InChI is InChI=1S/C23H36N4O4/c1-15-4-5-20(26-22(28)24-13-18-6-8-30-16(2)10-18)12-21(15)27-23(29)25-14-19-7-9-31-17(3)11-19/h4-5,12,16-19H,6-11,13-14H2,1-3H3,(H2,24,26,28)(H2,25,27,29)/t16-,17+,18-,19+/m1/s1. The van der Waals surface area contributed by atoms with Crippen molar-refractivity contribution >= 4 is 23.4 Å². The maximum atomic E-state index is 12.4. The van der Waals surface area contributed by atoms with E-state index in [9.17, 15) is 9.59 Å². The Labute approximate surface area is 184 Å². The molecule has 0 radical (unpaired) electrons. The SMILES string of the molecule is Cc1ccc(NC(=O)NC[C@@H]2CCO[C@H](C)C2)cc1NC(=O)NC[C@H]1CCO[C@@H](C)C1. The third kappa shape index (κ3) is 7.70. The van der Waals surface area contributed by atoms with Gasteiger partial charge in [0.1, 0.15) is 0 Å². The summed E-state index contributed by atoms with van der Waals surface area (Å²) in [6.07, 6.45) is 4.34. The van der Waals surface area contributed by atoms with Gasteiger partial charge in [-0.15, -0.1) is 0 Å². The Morgan fingerprint density at radius 3 is 2.00 bits per heavy atom. The Kier molecular flexibility index (Phi) is 8.54. The molecule has 8 heteroatoms. The van der Waals surface area contributed by atoms with E-state index in [-0.39, 0.29) is 24.3 Å². The second-order valence-corrected chi connectivity index (χ2v) is 8.84. The molecule has 0 bridgehead atoms. The summed E-state index contributed by atoms with van der Waals surface area (Å²) < 4.78 is 11.1. The second kappa shape index (κ2) is 11.3. The Hall–Kier alpha value is -2.32. The van der Waals surface area contributed by atoms with E-state index in [2.05, 4.69) is 35.1 Å². The van der Waals surface area contributed by atoms with Crippen LogP contribution in [0.4, 0.5) is 21.0 Å². The van der Waals surface area contributed by atoms with Crippen LogP contribution >= 0.6 is 0 Å². The lowest BCUT2D eigenvalue weighted by molar-refractivity contribution is 0.00339. The number of benzene rings is 1. The lowest BCUT2D eigenvalue weighted by Crippen LogP contribution is -2.37. The number of aryl methyl sites for hydroxylation is 1. The van der Waals surface area contributed by atoms with Crippen LogP contribution in [0.15, 0.2) is 18.2 Å². The average molecular weight is 433 g/mol. The van der Waals surface area contributed by atoms with Crippen molar-refractivity contribution in [1.82, 2.24) is 10.6 Å². The molecule has 1 aromatic rings. The van der Waals surface area contributed by atoms with Gasteiger partial charge in [0.2, 0.25) is 0 Å². The van der Waals surface area contributed by atoms with Crippen molar-refractivity contribution in [2.24, 2.45) is 11.8 Å². The van der Waals surface area contributed by atoms with Crippen molar-refractivity contribution in [3.63, 3.8) is 0 Å². The number of nitrogens with one attached hydrogen (secondary N) is 4. The molecule has 0 unspecified atom stereocenters. The fourth-order valence-corrected chi connectivity index (χ4v) is 4.20. The summed E-state index contributed by atoms with van der Waals surface area (Å²) in [5, 5.41) is 11.6. The number of amides is 4. The molecule has 0 spiro atoms. The summed E-state index contributed by atoms with van der Waals surface area (Å²) in [5.41, 5.74) is 2.24. The minimum Gasteiger partial charge on any atom is -0.378 e. The van der Waals surface area contributed by atoms with Gasteiger partial charge in [-0.1, -0.05) is 6.07 Å². The maximum Gasteiger partial charge on any atom is 0.319 e. The van der Waals surface area contributed by atoms with Gasteiger partial charge in [0.15, 0.2) is 0 Å². The summed E-state index contributed by atoms with van der Waals surface area (Å²) >= 11 is 0. The second-order valence-electron chi connectivity index (χ2n) is 8.84. The minimum absolute atomic E-state index is 0.238. The third-order valence-corrected chi connectivity index (χ3v) is 6.03. The lowest BCUT2D eigenvalue weighted by Gasteiger charge is -2.27. The molecule has 31 heavy (non-hydrogen) atoms. The molecular weight excluding hydrogens is 396 g/mol. The highest BCUT2D eigenvalue weighted by Crippen LogP contribution is 2.22. The number of hydrogen-bond donors (Lipinski definition) is 4. The van der Waals surface area contributed by atoms with E-state index in [1.54, 1.807) is 6.07 Å². The molecule has 172 valence electrons. The Morgan fingerprint density at radius 1 is 0.903 bits per heavy atom. The molecule has 2 fully saturated rings. The van der Waals surface area contributed by atoms with Crippen LogP contribution < -0.4 is 21.3 Å². The molecule has 4 atom stereocenters. The van der Waals surface area contributed by atoms with Gasteiger partial charge in [-0.05, 0) is 76.0 Å². The van der Waals surface area contributed by atoms with Gasteiger partial charge in [-0.2, -0.15) is 0 Å². The van der Waals surface area contributed by atoms with Crippen LogP contribution in [0.25, 0.3) is 0 Å². The Bertz CT molecular complexity index is 757. The zero-order chi connectivity index (χ0) is 22.2. The fraction of sp³-hybridized carbons (Fsp3) is 0.652. The summed E-state index contributed by atoms with van der Waals surface area (Å²) in [6, 6.07) is 5.01. The molecule has 2 saturated heterocycles. The normalized spacial score (nSPS) is 26.0. The zero-order valence-electron chi connectivity index (χ0n) is 18.8. The van der Waals surface area contributed by atoms with Crippen LogP contribution in [0.5, 0.6) is 0 Å². The lowest BCUT2D eigenvalue weighted by atomic mass is 9.96. The first kappa shape index (κ1) is 23.3. The molecule has 4 amide bonds. The quantitative estimate of drug-likeness (QED) is 0.548. The van der Waals surface area contributed by atoms with E-state index < -0.39 is 0 Å². The molecular formula is C23H36N4O4. The van der Waals surface area contributed by atoms with Crippen molar-refractivity contribution in [3.05, 3.63) is 23.8 Å². The van der Waals surface area contributed by atoms with Crippen molar-refractivity contribution in [2.75, 3.05) is 36.9 Å². The molecule has 0 saturated carbocycles. The molecule has 2 aliphatic rings. The molecule has 2 aliphatic heterocycles. The minimum atomic E-state index is -0.243. The van der Waals surface area contributed by atoms with Crippen LogP contribution in [0.1, 0.15) is 45.1 Å². The van der Waals surface area contributed by atoms with Crippen LogP contribution in [-0.4, -0.2) is 50.6 Å². The average Bonchev–Trinajstić information content (AvgIpc) is 2.73. The zero-order valence-corrected chi connectivity index (χ0v) is 18.8. The van der Waals surface area contributed by atoms with Gasteiger partial charge in [0.25, 0.3) is 0 Å². The summed E-state index contributed by atoms with van der Waals surface area (Å²) in [7, 11) is 0. The van der Waals surface area contributed by atoms with Crippen molar-refractivity contribution in [1.29, 1.82) is 0 Å². The van der Waals surface area contributed by atoms with Crippen LogP contribution in [0.3, 0.4) is 0 Å². The molecule has 3 rings (SSSR count). The van der Waals surface area contributed by atoms with Crippen molar-refractivity contribution in [3.8, 4) is 0 Å². The molecule has 0 aliphatic carbocycles. The topological polar surface area (TPSA) is 101 Å². The molecule has 8 nitrogen and oxygen atoms in total. The first-order chi connectivity index (χ1) is 14.9. The largest absolute Gasteiger partial charge is 0.378 e. The van der Waals surface area contributed by atoms with E-state index in [0.717, 1.165) is 44.5 Å². The number of carbonyl (C=O) groups is 2. The van der Waals surface area contributed by atoms with Gasteiger partial charge in [0, 0.05) is 37.7 Å². The monoisotopic (exact) mass is 432 g/mol. The van der Waals surface area contributed by atoms with Gasteiger partial charge >= 0.3 is 12.1 Å². The van der Waals surface area contributed by atoms with E-state index in [4.69, 9.17) is 9.47 Å². The van der Waals surface area contributed by atoms with Crippen LogP contribution in [-0.2, 0) is 9.47 Å². The maximum absolute atomic E-state index is 12.4. The smallest absolute Gasteiger partial charge is 0.319 e.